The van der Waals surface area contributed by atoms with Crippen molar-refractivity contribution in [2.24, 2.45) is 0 Å². The van der Waals surface area contributed by atoms with Crippen LogP contribution in [0, 0.1) is 0 Å². The molecule has 0 bridgehead atoms. The summed E-state index contributed by atoms with van der Waals surface area (Å²) in [5, 5.41) is 0. The Hall–Kier alpha value is -1.73. The number of hydrogen-bond acceptors (Lipinski definition) is 2. The molecule has 0 atom stereocenters. The average Bonchev–Trinajstić information content (AvgIpc) is 2.52. The second-order valence-corrected chi connectivity index (χ2v) is 2.69. The van der Waals surface area contributed by atoms with Crippen LogP contribution in [0.15, 0.2) is 18.5 Å². The van der Waals surface area contributed by atoms with E-state index in [2.05, 4.69) is 4.98 Å². The van der Waals surface area contributed by atoms with Crippen LogP contribution in [0.1, 0.15) is 11.3 Å². The second-order valence-electron chi connectivity index (χ2n) is 2.69. The smallest absolute Gasteiger partial charge is 0.153 e. The third-order valence-corrected chi connectivity index (χ3v) is 1.94. The van der Waals surface area contributed by atoms with E-state index in [9.17, 15) is 4.79 Å². The van der Waals surface area contributed by atoms with Gasteiger partial charge in [-0.05, 0) is 12.1 Å². The minimum atomic E-state index is 0.553. The van der Waals surface area contributed by atoms with Gasteiger partial charge in [-0.2, -0.15) is 0 Å². The van der Waals surface area contributed by atoms with Gasteiger partial charge in [-0.25, -0.2) is 4.79 Å². The molecule has 1 aliphatic heterocycles. The summed E-state index contributed by atoms with van der Waals surface area (Å²) in [4.78, 5) is 15.3. The Morgan fingerprint density at radius 1 is 1.58 bits per heavy atom. The van der Waals surface area contributed by atoms with E-state index in [1.807, 2.05) is 37.5 Å². The highest BCUT2D eigenvalue weighted by molar-refractivity contribution is 5.90. The van der Waals surface area contributed by atoms with Crippen LogP contribution in [0.3, 0.4) is 0 Å². The highest BCUT2D eigenvalue weighted by Gasteiger charge is 2.15. The number of hydrogen-bond donors (Lipinski definition) is 1. The number of carbonyl (C=O) groups excluding carboxylic acids is 1. The largest absolute Gasteiger partial charge is 0.359 e. The second kappa shape index (κ2) is 2.40. The lowest BCUT2D eigenvalue weighted by Crippen LogP contribution is -2.13. The molecule has 0 amide bonds. The van der Waals surface area contributed by atoms with Crippen molar-refractivity contribution in [2.45, 2.75) is 0 Å². The molecule has 2 rings (SSSR count). The molecule has 3 heteroatoms. The molecule has 0 aliphatic carbocycles. The predicted molar refractivity (Wildman–Crippen MR) is 46.7 cm³/mol. The van der Waals surface area contributed by atoms with Gasteiger partial charge in [0.1, 0.15) is 0 Å². The minimum absolute atomic E-state index is 0.553. The first-order valence-corrected chi connectivity index (χ1v) is 3.67. The molecule has 0 saturated heterocycles. The molecule has 0 unspecified atom stereocenters. The number of nitrogens with zero attached hydrogens (tertiary/aromatic N) is 1. The number of fused-ring (bicyclic) bond motifs is 1. The van der Waals surface area contributed by atoms with Gasteiger partial charge in [0, 0.05) is 25.0 Å². The molecule has 60 valence electrons. The normalized spacial score (nSPS) is 14.4. The maximum atomic E-state index is 10.6. The van der Waals surface area contributed by atoms with Crippen LogP contribution < -0.4 is 0 Å². The summed E-state index contributed by atoms with van der Waals surface area (Å²) in [7, 11) is 1.82. The third-order valence-electron chi connectivity index (χ3n) is 1.94. The van der Waals surface area contributed by atoms with Crippen LogP contribution in [0.5, 0.6) is 0 Å². The Bertz CT molecular complexity index is 383. The number of rotatable bonds is 0. The van der Waals surface area contributed by atoms with Gasteiger partial charge >= 0.3 is 0 Å². The summed E-state index contributed by atoms with van der Waals surface area (Å²) < 4.78 is 0. The summed E-state index contributed by atoms with van der Waals surface area (Å²) >= 11 is 0. The first-order chi connectivity index (χ1) is 5.83. The van der Waals surface area contributed by atoms with Crippen LogP contribution >= 0.6 is 0 Å². The van der Waals surface area contributed by atoms with Crippen molar-refractivity contribution in [2.75, 3.05) is 7.05 Å². The third kappa shape index (κ3) is 0.807. The maximum absolute atomic E-state index is 10.6. The monoisotopic (exact) mass is 160 g/mol. The molecule has 1 aromatic rings. The quantitative estimate of drug-likeness (QED) is 0.577. The molecule has 3 nitrogen and oxygen atoms in total. The van der Waals surface area contributed by atoms with Crippen LogP contribution in [-0.2, 0) is 4.79 Å². The van der Waals surface area contributed by atoms with Gasteiger partial charge in [0.25, 0.3) is 0 Å². The summed E-state index contributed by atoms with van der Waals surface area (Å²) in [5.41, 5.74) is 2.43. The van der Waals surface area contributed by atoms with Crippen molar-refractivity contribution in [1.82, 2.24) is 9.88 Å². The molecular weight excluding hydrogens is 152 g/mol. The molecule has 0 saturated carbocycles. The molecule has 1 aromatic heterocycles. The summed E-state index contributed by atoms with van der Waals surface area (Å²) in [5.74, 6) is 1.91. The molecule has 0 radical (unpaired) electrons. The summed E-state index contributed by atoms with van der Waals surface area (Å²) in [6.07, 6.45) is 5.61. The van der Waals surface area contributed by atoms with Crippen molar-refractivity contribution in [3.8, 4) is 0 Å². The lowest BCUT2D eigenvalue weighted by molar-refractivity contribution is 0.561. The van der Waals surface area contributed by atoms with Crippen LogP contribution in [0.4, 0.5) is 0 Å². The van der Waals surface area contributed by atoms with E-state index in [1.165, 1.54) is 0 Å². The summed E-state index contributed by atoms with van der Waals surface area (Å²) in [6.45, 7) is 0. The van der Waals surface area contributed by atoms with Crippen LogP contribution in [-0.4, -0.2) is 22.9 Å². The molecule has 0 aromatic carbocycles. The lowest BCUT2D eigenvalue weighted by Gasteiger charge is -2.18. The van der Waals surface area contributed by atoms with Gasteiger partial charge in [0.2, 0.25) is 0 Å². The predicted octanol–water partition coefficient (Wildman–Crippen LogP) is 1.10. The van der Waals surface area contributed by atoms with E-state index < -0.39 is 0 Å². The van der Waals surface area contributed by atoms with E-state index in [-0.39, 0.29) is 0 Å². The number of nitrogens with one attached hydrogen (secondary N) is 1. The molecule has 2 heterocycles. The molecule has 12 heavy (non-hydrogen) atoms. The fourth-order valence-electron chi connectivity index (χ4n) is 1.29. The molecule has 1 N–H and O–H groups in total. The van der Waals surface area contributed by atoms with Gasteiger partial charge < -0.3 is 9.88 Å². The van der Waals surface area contributed by atoms with Gasteiger partial charge in [-0.3, -0.25) is 0 Å². The van der Waals surface area contributed by atoms with Crippen molar-refractivity contribution in [3.05, 3.63) is 29.7 Å². The summed E-state index contributed by atoms with van der Waals surface area (Å²) in [6, 6.07) is 1.93. The van der Waals surface area contributed by atoms with E-state index in [0.717, 1.165) is 11.3 Å². The topological polar surface area (TPSA) is 36.1 Å². The van der Waals surface area contributed by atoms with E-state index in [0.29, 0.717) is 5.70 Å². The fourth-order valence-corrected chi connectivity index (χ4v) is 1.29. The first-order valence-electron chi connectivity index (χ1n) is 3.67. The Kier molecular flexibility index (Phi) is 1.39. The van der Waals surface area contributed by atoms with Gasteiger partial charge in [0.05, 0.1) is 5.69 Å². The number of aromatic amines is 1. The highest BCUT2D eigenvalue weighted by Crippen LogP contribution is 2.24. The molecule has 0 fully saturated rings. The molecule has 0 spiro atoms. The SMILES string of the molecule is CN1C=Cc2cc[nH]c2C1=C=O. The van der Waals surface area contributed by atoms with Gasteiger partial charge in [0.15, 0.2) is 11.6 Å². The molecular formula is C9H8N2O. The fraction of sp³-hybridized carbons (Fsp3) is 0.111. The van der Waals surface area contributed by atoms with Crippen molar-refractivity contribution in [3.63, 3.8) is 0 Å². The molecule has 1 aliphatic rings. The Morgan fingerprint density at radius 3 is 3.17 bits per heavy atom. The maximum Gasteiger partial charge on any atom is 0.153 e. The van der Waals surface area contributed by atoms with Gasteiger partial charge in [-0.1, -0.05) is 0 Å². The minimum Gasteiger partial charge on any atom is -0.359 e. The van der Waals surface area contributed by atoms with E-state index in [1.54, 1.807) is 4.90 Å². The highest BCUT2D eigenvalue weighted by atomic mass is 16.1. The van der Waals surface area contributed by atoms with Crippen molar-refractivity contribution < 1.29 is 4.79 Å². The Morgan fingerprint density at radius 2 is 2.42 bits per heavy atom. The first kappa shape index (κ1) is 6.95. The Balaban J connectivity index is 2.65. The lowest BCUT2D eigenvalue weighted by atomic mass is 10.1. The zero-order valence-electron chi connectivity index (χ0n) is 6.66. The van der Waals surface area contributed by atoms with Crippen LogP contribution in [0.2, 0.25) is 0 Å². The van der Waals surface area contributed by atoms with Crippen LogP contribution in [0.25, 0.3) is 11.8 Å². The zero-order chi connectivity index (χ0) is 8.55. The van der Waals surface area contributed by atoms with Gasteiger partial charge in [-0.15, -0.1) is 0 Å². The van der Waals surface area contributed by atoms with E-state index >= 15 is 0 Å². The van der Waals surface area contributed by atoms with Crippen molar-refractivity contribution in [1.29, 1.82) is 0 Å². The zero-order valence-corrected chi connectivity index (χ0v) is 6.66. The Labute approximate surface area is 70.0 Å². The number of H-pyrrole nitrogens is 1. The van der Waals surface area contributed by atoms with Crippen molar-refractivity contribution >= 4 is 17.7 Å². The van der Waals surface area contributed by atoms with E-state index in [4.69, 9.17) is 0 Å². The standard InChI is InChI=1S/C9H8N2O/c1-11-5-3-7-2-4-10-9(7)8(11)6-12/h2-5,10H,1H3. The average molecular weight is 160 g/mol. The number of aromatic nitrogens is 1.